The number of nitrogens with one attached hydrogen (secondary N) is 1. The van der Waals surface area contributed by atoms with Gasteiger partial charge in [0.2, 0.25) is 5.91 Å². The summed E-state index contributed by atoms with van der Waals surface area (Å²) in [4.78, 5) is 38.2. The average Bonchev–Trinajstić information content (AvgIpc) is 3.23. The molecule has 1 saturated heterocycles. The number of alkyl carbamates (subject to hydrolysis) is 1. The van der Waals surface area contributed by atoms with E-state index in [4.69, 9.17) is 4.74 Å². The van der Waals surface area contributed by atoms with E-state index in [0.29, 0.717) is 19.4 Å². The van der Waals surface area contributed by atoms with Crippen LogP contribution in [0, 0.1) is 0 Å². The van der Waals surface area contributed by atoms with Gasteiger partial charge in [0.05, 0.1) is 0 Å². The number of rotatable bonds is 7. The Morgan fingerprint density at radius 2 is 1.66 bits per heavy atom. The summed E-state index contributed by atoms with van der Waals surface area (Å²) in [5.74, 6) is -1.43. The van der Waals surface area contributed by atoms with Gasteiger partial charge in [-0.1, -0.05) is 60.7 Å². The molecule has 7 nitrogen and oxygen atoms in total. The molecule has 1 aliphatic rings. The first-order chi connectivity index (χ1) is 14.0. The first kappa shape index (κ1) is 20.4. The summed E-state index contributed by atoms with van der Waals surface area (Å²) in [6.07, 6.45) is 0.578. The molecule has 2 aromatic carbocycles. The molecule has 0 saturated carbocycles. The lowest BCUT2D eigenvalue weighted by Gasteiger charge is -2.27. The third-order valence-corrected chi connectivity index (χ3v) is 4.91. The van der Waals surface area contributed by atoms with Gasteiger partial charge in [-0.25, -0.2) is 9.59 Å². The lowest BCUT2D eigenvalue weighted by atomic mass is 10.0. The molecule has 2 N–H and O–H groups in total. The number of hydrogen-bond donors (Lipinski definition) is 2. The molecule has 0 bridgehead atoms. The highest BCUT2D eigenvalue weighted by Gasteiger charge is 2.37. The molecular formula is C22H24N2O5. The van der Waals surface area contributed by atoms with Crippen LogP contribution in [0.2, 0.25) is 0 Å². The fourth-order valence-electron chi connectivity index (χ4n) is 3.44. The largest absolute Gasteiger partial charge is 0.480 e. The van der Waals surface area contributed by atoms with Gasteiger partial charge in [-0.15, -0.1) is 0 Å². The van der Waals surface area contributed by atoms with Crippen LogP contribution < -0.4 is 5.32 Å². The second-order valence-corrected chi connectivity index (χ2v) is 6.98. The summed E-state index contributed by atoms with van der Waals surface area (Å²) < 4.78 is 5.25. The minimum atomic E-state index is -1.03. The second-order valence-electron chi connectivity index (χ2n) is 6.98. The molecule has 1 heterocycles. The van der Waals surface area contributed by atoms with Gasteiger partial charge in [-0.2, -0.15) is 0 Å². The Bertz CT molecular complexity index is 841. The first-order valence-corrected chi connectivity index (χ1v) is 9.59. The number of nitrogens with zero attached hydrogens (tertiary/aromatic N) is 1. The predicted octanol–water partition coefficient (Wildman–Crippen LogP) is 2.60. The second kappa shape index (κ2) is 9.73. The van der Waals surface area contributed by atoms with E-state index in [1.54, 1.807) is 0 Å². The molecule has 7 heteroatoms. The van der Waals surface area contributed by atoms with Gasteiger partial charge >= 0.3 is 12.1 Å². The number of carboxylic acids is 1. The van der Waals surface area contributed by atoms with Crippen LogP contribution in [0.4, 0.5) is 4.79 Å². The van der Waals surface area contributed by atoms with Crippen LogP contribution in [0.15, 0.2) is 60.7 Å². The lowest BCUT2D eigenvalue weighted by molar-refractivity contribution is -0.148. The van der Waals surface area contributed by atoms with Gasteiger partial charge in [-0.3, -0.25) is 4.79 Å². The summed E-state index contributed by atoms with van der Waals surface area (Å²) in [5, 5.41) is 12.0. The van der Waals surface area contributed by atoms with E-state index >= 15 is 0 Å². The molecular weight excluding hydrogens is 372 g/mol. The number of benzene rings is 2. The molecule has 1 aliphatic heterocycles. The summed E-state index contributed by atoms with van der Waals surface area (Å²) in [7, 11) is 0. The van der Waals surface area contributed by atoms with Gasteiger partial charge < -0.3 is 20.1 Å². The predicted molar refractivity (Wildman–Crippen MR) is 106 cm³/mol. The SMILES string of the molecule is O=C(N[C@@H](Cc1ccccc1)C(=O)N1CCC[C@H]1C(=O)O)OCc1ccccc1. The van der Waals surface area contributed by atoms with Gasteiger partial charge in [0.15, 0.2) is 0 Å². The number of aliphatic carboxylic acids is 1. The molecule has 2 amide bonds. The Labute approximate surface area is 169 Å². The van der Waals surface area contributed by atoms with Crippen molar-refractivity contribution in [3.05, 3.63) is 71.8 Å². The van der Waals surface area contributed by atoms with Crippen LogP contribution in [0.25, 0.3) is 0 Å². The topological polar surface area (TPSA) is 95.9 Å². The number of carbonyl (C=O) groups is 3. The highest BCUT2D eigenvalue weighted by atomic mass is 16.5. The zero-order valence-electron chi connectivity index (χ0n) is 16.0. The van der Waals surface area contributed by atoms with Gasteiger partial charge in [0, 0.05) is 13.0 Å². The van der Waals surface area contributed by atoms with E-state index in [9.17, 15) is 19.5 Å². The third-order valence-electron chi connectivity index (χ3n) is 4.91. The molecule has 152 valence electrons. The zero-order valence-corrected chi connectivity index (χ0v) is 16.0. The molecule has 0 radical (unpaired) electrons. The van der Waals surface area contributed by atoms with Crippen LogP contribution in [0.5, 0.6) is 0 Å². The van der Waals surface area contributed by atoms with Crippen LogP contribution >= 0.6 is 0 Å². The van der Waals surface area contributed by atoms with E-state index in [0.717, 1.165) is 11.1 Å². The molecule has 0 unspecified atom stereocenters. The molecule has 2 atom stereocenters. The molecule has 3 rings (SSSR count). The smallest absolute Gasteiger partial charge is 0.408 e. The summed E-state index contributed by atoms with van der Waals surface area (Å²) >= 11 is 0. The lowest BCUT2D eigenvalue weighted by Crippen LogP contribution is -2.52. The zero-order chi connectivity index (χ0) is 20.6. The van der Waals surface area contributed by atoms with Crippen LogP contribution in [-0.2, 0) is 27.4 Å². The standard InChI is InChI=1S/C22H24N2O5/c25-20(24-13-7-12-19(24)21(26)27)18(14-16-8-3-1-4-9-16)23-22(28)29-15-17-10-5-2-6-11-17/h1-6,8-11,18-19H,7,12-15H2,(H,23,28)(H,26,27)/t18-,19-/m0/s1. The van der Waals surface area contributed by atoms with E-state index in [1.165, 1.54) is 4.90 Å². The highest BCUT2D eigenvalue weighted by Crippen LogP contribution is 2.19. The minimum Gasteiger partial charge on any atom is -0.480 e. The van der Waals surface area contributed by atoms with Crippen molar-refractivity contribution < 1.29 is 24.2 Å². The maximum absolute atomic E-state index is 13.1. The van der Waals surface area contributed by atoms with Crippen molar-refractivity contribution in [3.8, 4) is 0 Å². The quantitative estimate of drug-likeness (QED) is 0.750. The van der Waals surface area contributed by atoms with E-state index in [-0.39, 0.29) is 13.0 Å². The van der Waals surface area contributed by atoms with Gasteiger partial charge in [0.1, 0.15) is 18.7 Å². The molecule has 2 aromatic rings. The first-order valence-electron chi connectivity index (χ1n) is 9.59. The Hall–Kier alpha value is -3.35. The van der Waals surface area contributed by atoms with Crippen molar-refractivity contribution >= 4 is 18.0 Å². The fourth-order valence-corrected chi connectivity index (χ4v) is 3.44. The molecule has 29 heavy (non-hydrogen) atoms. The van der Waals surface area contributed by atoms with Crippen molar-refractivity contribution in [2.45, 2.75) is 38.0 Å². The molecule has 1 fully saturated rings. The van der Waals surface area contributed by atoms with Crippen LogP contribution in [0.3, 0.4) is 0 Å². The van der Waals surface area contributed by atoms with Crippen molar-refractivity contribution in [3.63, 3.8) is 0 Å². The van der Waals surface area contributed by atoms with E-state index in [1.807, 2.05) is 60.7 Å². The molecule has 0 aliphatic carbocycles. The van der Waals surface area contributed by atoms with Crippen LogP contribution in [0.1, 0.15) is 24.0 Å². The summed E-state index contributed by atoms with van der Waals surface area (Å²) in [6.45, 7) is 0.447. The number of hydrogen-bond acceptors (Lipinski definition) is 4. The maximum Gasteiger partial charge on any atom is 0.408 e. The number of amides is 2. The number of carbonyl (C=O) groups excluding carboxylic acids is 2. The normalized spacial score (nSPS) is 16.8. The average molecular weight is 396 g/mol. The Balaban J connectivity index is 1.69. The number of likely N-dealkylation sites (tertiary alicyclic amines) is 1. The summed E-state index contributed by atoms with van der Waals surface area (Å²) in [5.41, 5.74) is 1.69. The third kappa shape index (κ3) is 5.57. The summed E-state index contributed by atoms with van der Waals surface area (Å²) in [6, 6.07) is 16.7. The van der Waals surface area contributed by atoms with E-state index < -0.39 is 30.1 Å². The van der Waals surface area contributed by atoms with Crippen molar-refractivity contribution in [1.29, 1.82) is 0 Å². The monoisotopic (exact) mass is 396 g/mol. The van der Waals surface area contributed by atoms with Crippen LogP contribution in [-0.4, -0.2) is 46.6 Å². The fraction of sp³-hybridized carbons (Fsp3) is 0.318. The van der Waals surface area contributed by atoms with Crippen molar-refractivity contribution in [1.82, 2.24) is 10.2 Å². The van der Waals surface area contributed by atoms with Gasteiger partial charge in [0.25, 0.3) is 0 Å². The van der Waals surface area contributed by atoms with E-state index in [2.05, 4.69) is 5.32 Å². The maximum atomic E-state index is 13.1. The van der Waals surface area contributed by atoms with Crippen molar-refractivity contribution in [2.24, 2.45) is 0 Å². The molecule has 0 aromatic heterocycles. The van der Waals surface area contributed by atoms with Gasteiger partial charge in [-0.05, 0) is 24.0 Å². The Morgan fingerprint density at radius 1 is 1.03 bits per heavy atom. The minimum absolute atomic E-state index is 0.0837. The Kier molecular flexibility index (Phi) is 6.84. The number of carboxylic acid groups (broad SMARTS) is 1. The number of ether oxygens (including phenoxy) is 1. The molecule has 0 spiro atoms. The Morgan fingerprint density at radius 3 is 2.28 bits per heavy atom. The van der Waals surface area contributed by atoms with Crippen molar-refractivity contribution in [2.75, 3.05) is 6.54 Å². The highest BCUT2D eigenvalue weighted by molar-refractivity contribution is 5.90.